The lowest BCUT2D eigenvalue weighted by atomic mass is 9.88. The van der Waals surface area contributed by atoms with Gasteiger partial charge in [0.1, 0.15) is 0 Å². The SMILES string of the molecule is CCOC(=O)C1Nc2ccccc2N(C2C[C@H]3CC[C@@H](C2)N3C2CCCCCCC2)C1=O. The summed E-state index contributed by atoms with van der Waals surface area (Å²) in [4.78, 5) is 30.9. The van der Waals surface area contributed by atoms with Gasteiger partial charge in [-0.15, -0.1) is 0 Å². The van der Waals surface area contributed by atoms with Crippen LogP contribution in [0.5, 0.6) is 0 Å². The number of fused-ring (bicyclic) bond motifs is 3. The Morgan fingerprint density at radius 2 is 1.59 bits per heavy atom. The molecular weight excluding hydrogens is 402 g/mol. The quantitative estimate of drug-likeness (QED) is 0.553. The molecule has 6 heteroatoms. The second-order valence-corrected chi connectivity index (χ2v) is 10.0. The zero-order valence-electron chi connectivity index (χ0n) is 19.3. The van der Waals surface area contributed by atoms with Gasteiger partial charge < -0.3 is 15.0 Å². The van der Waals surface area contributed by atoms with E-state index in [-0.39, 0.29) is 18.6 Å². The third-order valence-electron chi connectivity index (χ3n) is 8.10. The van der Waals surface area contributed by atoms with Gasteiger partial charge >= 0.3 is 5.97 Å². The number of benzene rings is 1. The predicted octanol–water partition coefficient (Wildman–Crippen LogP) is 4.49. The Morgan fingerprint density at radius 1 is 0.938 bits per heavy atom. The molecule has 0 aromatic heterocycles. The number of ether oxygens (including phenoxy) is 1. The van der Waals surface area contributed by atoms with Crippen LogP contribution < -0.4 is 10.2 Å². The molecule has 1 aromatic carbocycles. The molecular formula is C26H37N3O3. The van der Waals surface area contributed by atoms with Crippen molar-refractivity contribution in [1.82, 2.24) is 4.90 Å². The number of esters is 1. The first-order valence-corrected chi connectivity index (χ1v) is 12.8. The van der Waals surface area contributed by atoms with Gasteiger partial charge in [-0.2, -0.15) is 0 Å². The number of rotatable bonds is 4. The maximum Gasteiger partial charge on any atom is 0.338 e. The van der Waals surface area contributed by atoms with Crippen molar-refractivity contribution >= 4 is 23.3 Å². The van der Waals surface area contributed by atoms with E-state index >= 15 is 0 Å². The van der Waals surface area contributed by atoms with Crippen LogP contribution in [0.3, 0.4) is 0 Å². The highest BCUT2D eigenvalue weighted by Gasteiger charge is 2.48. The molecule has 3 aliphatic heterocycles. The second kappa shape index (κ2) is 9.42. The summed E-state index contributed by atoms with van der Waals surface area (Å²) in [6, 6.07) is 8.90. The van der Waals surface area contributed by atoms with E-state index in [9.17, 15) is 9.59 Å². The van der Waals surface area contributed by atoms with Crippen molar-refractivity contribution in [2.45, 2.75) is 108 Å². The van der Waals surface area contributed by atoms with Crippen molar-refractivity contribution in [1.29, 1.82) is 0 Å². The zero-order chi connectivity index (χ0) is 22.1. The van der Waals surface area contributed by atoms with Crippen molar-refractivity contribution in [2.24, 2.45) is 0 Å². The third-order valence-corrected chi connectivity index (χ3v) is 8.10. The number of nitrogens with one attached hydrogen (secondary N) is 1. The molecule has 1 saturated carbocycles. The number of nitrogens with zero attached hydrogens (tertiary/aromatic N) is 2. The lowest BCUT2D eigenvalue weighted by Crippen LogP contribution is -2.60. The highest BCUT2D eigenvalue weighted by molar-refractivity contribution is 6.15. The topological polar surface area (TPSA) is 61.9 Å². The first-order valence-electron chi connectivity index (χ1n) is 12.8. The molecule has 32 heavy (non-hydrogen) atoms. The number of carbonyl (C=O) groups is 2. The minimum absolute atomic E-state index is 0.144. The van der Waals surface area contributed by atoms with E-state index in [0.29, 0.717) is 18.1 Å². The maximum absolute atomic E-state index is 13.6. The largest absolute Gasteiger partial charge is 0.464 e. The van der Waals surface area contributed by atoms with E-state index in [2.05, 4.69) is 10.2 Å². The monoisotopic (exact) mass is 439 g/mol. The number of amides is 1. The van der Waals surface area contributed by atoms with Crippen LogP contribution in [0.2, 0.25) is 0 Å². The molecule has 1 aliphatic carbocycles. The fourth-order valence-corrected chi connectivity index (χ4v) is 6.77. The van der Waals surface area contributed by atoms with Crippen LogP contribution in [0.15, 0.2) is 24.3 Å². The van der Waals surface area contributed by atoms with Crippen LogP contribution in [0, 0.1) is 0 Å². The molecule has 2 bridgehead atoms. The van der Waals surface area contributed by atoms with Gasteiger partial charge in [0.2, 0.25) is 6.04 Å². The molecule has 3 heterocycles. The molecule has 2 unspecified atom stereocenters. The van der Waals surface area contributed by atoms with Gasteiger partial charge in [0, 0.05) is 24.2 Å². The molecule has 0 radical (unpaired) electrons. The molecule has 1 amide bonds. The average molecular weight is 440 g/mol. The van der Waals surface area contributed by atoms with E-state index in [1.165, 1.54) is 57.8 Å². The normalized spacial score (nSPS) is 31.4. The minimum atomic E-state index is -0.953. The molecule has 2 saturated heterocycles. The van der Waals surface area contributed by atoms with Crippen LogP contribution in [0.25, 0.3) is 0 Å². The summed E-state index contributed by atoms with van der Waals surface area (Å²) in [7, 11) is 0. The van der Waals surface area contributed by atoms with Gasteiger partial charge in [-0.05, 0) is 57.6 Å². The molecule has 1 aromatic rings. The molecule has 0 spiro atoms. The van der Waals surface area contributed by atoms with Crippen LogP contribution >= 0.6 is 0 Å². The molecule has 6 nitrogen and oxygen atoms in total. The number of hydrogen-bond donors (Lipinski definition) is 1. The van der Waals surface area contributed by atoms with Crippen LogP contribution in [0.1, 0.15) is 77.6 Å². The van der Waals surface area contributed by atoms with Gasteiger partial charge in [-0.25, -0.2) is 4.79 Å². The number of para-hydroxylation sites is 2. The third kappa shape index (κ3) is 4.02. The fourth-order valence-electron chi connectivity index (χ4n) is 6.77. The lowest BCUT2D eigenvalue weighted by molar-refractivity contribution is -0.146. The number of piperidine rings is 1. The number of hydrogen-bond acceptors (Lipinski definition) is 5. The van der Waals surface area contributed by atoms with Gasteiger partial charge in [-0.3, -0.25) is 9.69 Å². The lowest BCUT2D eigenvalue weighted by Gasteiger charge is -2.48. The summed E-state index contributed by atoms with van der Waals surface area (Å²) in [5.41, 5.74) is 1.75. The van der Waals surface area contributed by atoms with E-state index in [0.717, 1.165) is 24.2 Å². The van der Waals surface area contributed by atoms with Gasteiger partial charge in [0.05, 0.1) is 18.0 Å². The summed E-state index contributed by atoms with van der Waals surface area (Å²) in [5.74, 6) is -0.641. The van der Waals surface area contributed by atoms with E-state index in [4.69, 9.17) is 4.74 Å². The Bertz CT molecular complexity index is 821. The summed E-state index contributed by atoms with van der Waals surface area (Å²) < 4.78 is 5.22. The Labute approximate surface area is 191 Å². The van der Waals surface area contributed by atoms with Crippen molar-refractivity contribution in [3.63, 3.8) is 0 Å². The predicted molar refractivity (Wildman–Crippen MR) is 126 cm³/mol. The van der Waals surface area contributed by atoms with Crippen LogP contribution in [-0.4, -0.2) is 53.6 Å². The summed E-state index contributed by atoms with van der Waals surface area (Å²) in [6.07, 6.45) is 14.0. The van der Waals surface area contributed by atoms with Crippen molar-refractivity contribution in [3.8, 4) is 0 Å². The van der Waals surface area contributed by atoms with E-state index in [1.807, 2.05) is 29.2 Å². The maximum atomic E-state index is 13.6. The molecule has 4 aliphatic rings. The van der Waals surface area contributed by atoms with Crippen molar-refractivity contribution in [3.05, 3.63) is 24.3 Å². The minimum Gasteiger partial charge on any atom is -0.464 e. The Morgan fingerprint density at radius 3 is 2.28 bits per heavy atom. The molecule has 4 atom stereocenters. The summed E-state index contributed by atoms with van der Waals surface area (Å²) >= 11 is 0. The molecule has 3 fully saturated rings. The van der Waals surface area contributed by atoms with Crippen LogP contribution in [-0.2, 0) is 14.3 Å². The highest BCUT2D eigenvalue weighted by Crippen LogP contribution is 2.44. The summed E-state index contributed by atoms with van der Waals surface area (Å²) in [5, 5.41) is 3.14. The fraction of sp³-hybridized carbons (Fsp3) is 0.692. The summed E-state index contributed by atoms with van der Waals surface area (Å²) in [6.45, 7) is 2.05. The number of anilines is 2. The molecule has 1 N–H and O–H groups in total. The van der Waals surface area contributed by atoms with Crippen molar-refractivity contribution in [2.75, 3.05) is 16.8 Å². The first-order chi connectivity index (χ1) is 15.7. The van der Waals surface area contributed by atoms with Crippen molar-refractivity contribution < 1.29 is 14.3 Å². The van der Waals surface area contributed by atoms with Gasteiger partial charge in [0.25, 0.3) is 5.91 Å². The van der Waals surface area contributed by atoms with Gasteiger partial charge in [-0.1, -0.05) is 44.2 Å². The highest BCUT2D eigenvalue weighted by atomic mass is 16.5. The van der Waals surface area contributed by atoms with Gasteiger partial charge in [0.15, 0.2) is 0 Å². The van der Waals surface area contributed by atoms with E-state index < -0.39 is 12.0 Å². The zero-order valence-corrected chi connectivity index (χ0v) is 19.3. The number of carbonyl (C=O) groups excluding carboxylic acids is 2. The Balaban J connectivity index is 1.38. The second-order valence-electron chi connectivity index (χ2n) is 10.0. The Kier molecular flexibility index (Phi) is 6.40. The van der Waals surface area contributed by atoms with Crippen LogP contribution in [0.4, 0.5) is 11.4 Å². The Hall–Kier alpha value is -2.08. The van der Waals surface area contributed by atoms with E-state index in [1.54, 1.807) is 6.92 Å². The molecule has 5 rings (SSSR count). The smallest absolute Gasteiger partial charge is 0.338 e. The standard InChI is InChI=1S/C26H37N3O3/c1-2-32-26(31)24-25(30)29(23-13-9-8-12-22(23)27-24)21-16-19-14-15-20(17-21)28(19)18-10-6-4-3-5-7-11-18/h8-9,12-13,18-21,24,27H,2-7,10-11,14-17H2,1H3/t19-,20+,21?,24?. The first kappa shape index (κ1) is 21.7. The average Bonchev–Trinajstić information content (AvgIpc) is 3.02. The molecule has 174 valence electrons.